The van der Waals surface area contributed by atoms with Gasteiger partial charge in [0.1, 0.15) is 23.8 Å². The number of hydrogen-bond donors (Lipinski definition) is 3. The number of benzene rings is 1. The van der Waals surface area contributed by atoms with Gasteiger partial charge in [-0.1, -0.05) is 0 Å². The molecule has 0 spiro atoms. The van der Waals surface area contributed by atoms with Crippen LogP contribution in [0.5, 0.6) is 0 Å². The Balaban J connectivity index is 3.07. The molecule has 0 aliphatic rings. The van der Waals surface area contributed by atoms with Crippen LogP contribution in [0.2, 0.25) is 0 Å². The molecule has 1 aromatic rings. The molecule has 0 amide bonds. The highest BCUT2D eigenvalue weighted by Gasteiger charge is 2.23. The fourth-order valence-electron chi connectivity index (χ4n) is 1.37. The van der Waals surface area contributed by atoms with Gasteiger partial charge in [-0.15, -0.1) is 0 Å². The van der Waals surface area contributed by atoms with E-state index in [2.05, 4.69) is 0 Å². The Bertz CT molecular complexity index is 445. The Hall–Kier alpha value is -1.55. The zero-order chi connectivity index (χ0) is 13.0. The first-order valence-electron chi connectivity index (χ1n) is 4.87. The van der Waals surface area contributed by atoms with E-state index in [0.717, 1.165) is 0 Å². The van der Waals surface area contributed by atoms with E-state index >= 15 is 0 Å². The molecule has 1 aromatic carbocycles. The summed E-state index contributed by atoms with van der Waals surface area (Å²) in [6, 6.07) is 2.78. The van der Waals surface area contributed by atoms with Gasteiger partial charge in [0.2, 0.25) is 0 Å². The van der Waals surface area contributed by atoms with Gasteiger partial charge < -0.3 is 15.3 Å². The van der Waals surface area contributed by atoms with Gasteiger partial charge in [-0.05, 0) is 18.6 Å². The van der Waals surface area contributed by atoms with E-state index in [1.165, 1.54) is 6.07 Å². The highest BCUT2D eigenvalue weighted by atomic mass is 19.1. The second-order valence-corrected chi connectivity index (χ2v) is 3.49. The maximum absolute atomic E-state index is 13.4. The standard InChI is InChI=1S/C11H11F2NO3/c12-8-4-7(9(13)3-6(8)5-14)11(17)10(16)1-2-15/h3-4,10-11,15-17H,1-2H2. The molecule has 0 aliphatic heterocycles. The van der Waals surface area contributed by atoms with Crippen molar-refractivity contribution >= 4 is 0 Å². The molecule has 92 valence electrons. The Morgan fingerprint density at radius 1 is 1.24 bits per heavy atom. The fraction of sp³-hybridized carbons (Fsp3) is 0.364. The topological polar surface area (TPSA) is 84.5 Å². The molecular weight excluding hydrogens is 232 g/mol. The molecule has 1 rings (SSSR count). The van der Waals surface area contributed by atoms with Crippen LogP contribution in [0, 0.1) is 23.0 Å². The Kier molecular flexibility index (Phi) is 4.52. The van der Waals surface area contributed by atoms with Crippen LogP contribution in [0.4, 0.5) is 8.78 Å². The summed E-state index contributed by atoms with van der Waals surface area (Å²) < 4.78 is 26.6. The number of nitrogens with zero attached hydrogens (tertiary/aromatic N) is 1. The van der Waals surface area contributed by atoms with Crippen molar-refractivity contribution in [3.8, 4) is 6.07 Å². The van der Waals surface area contributed by atoms with Crippen LogP contribution < -0.4 is 0 Å². The van der Waals surface area contributed by atoms with Gasteiger partial charge in [0.15, 0.2) is 0 Å². The van der Waals surface area contributed by atoms with Crippen molar-refractivity contribution < 1.29 is 24.1 Å². The molecule has 0 fully saturated rings. The summed E-state index contributed by atoms with van der Waals surface area (Å²) in [6.45, 7) is -0.390. The quantitative estimate of drug-likeness (QED) is 0.723. The van der Waals surface area contributed by atoms with Gasteiger partial charge in [0.25, 0.3) is 0 Å². The molecule has 0 aliphatic carbocycles. The average Bonchev–Trinajstić information content (AvgIpc) is 2.31. The lowest BCUT2D eigenvalue weighted by Gasteiger charge is -2.18. The first kappa shape index (κ1) is 13.5. The summed E-state index contributed by atoms with van der Waals surface area (Å²) in [6.07, 6.45) is -3.21. The van der Waals surface area contributed by atoms with Crippen LogP contribution in [-0.4, -0.2) is 28.0 Å². The minimum absolute atomic E-state index is 0.164. The minimum atomic E-state index is -1.65. The Morgan fingerprint density at radius 3 is 2.41 bits per heavy atom. The van der Waals surface area contributed by atoms with Gasteiger partial charge in [0.05, 0.1) is 11.7 Å². The normalized spacial score (nSPS) is 14.1. The summed E-state index contributed by atoms with van der Waals surface area (Å²) >= 11 is 0. The zero-order valence-electron chi connectivity index (χ0n) is 8.77. The predicted octanol–water partition coefficient (Wildman–Crippen LogP) is 0.613. The SMILES string of the molecule is N#Cc1cc(F)c(C(O)C(O)CCO)cc1F. The lowest BCUT2D eigenvalue weighted by atomic mass is 10.00. The molecule has 0 heterocycles. The first-order chi connectivity index (χ1) is 8.01. The molecule has 4 nitrogen and oxygen atoms in total. The van der Waals surface area contributed by atoms with Crippen LogP contribution >= 0.6 is 0 Å². The fourth-order valence-corrected chi connectivity index (χ4v) is 1.37. The van der Waals surface area contributed by atoms with E-state index in [1.807, 2.05) is 0 Å². The number of hydrogen-bond acceptors (Lipinski definition) is 4. The molecule has 0 aromatic heterocycles. The monoisotopic (exact) mass is 243 g/mol. The van der Waals surface area contributed by atoms with Crippen molar-refractivity contribution in [1.29, 1.82) is 5.26 Å². The number of nitriles is 1. The Labute approximate surface area is 96.4 Å². The maximum Gasteiger partial charge on any atom is 0.141 e. The third-order valence-electron chi connectivity index (χ3n) is 2.31. The Morgan fingerprint density at radius 2 is 1.88 bits per heavy atom. The molecular formula is C11H11F2NO3. The van der Waals surface area contributed by atoms with Gasteiger partial charge in [-0.2, -0.15) is 5.26 Å². The second kappa shape index (κ2) is 5.68. The molecule has 0 saturated heterocycles. The molecule has 2 unspecified atom stereocenters. The van der Waals surface area contributed by atoms with Crippen LogP contribution in [0.3, 0.4) is 0 Å². The van der Waals surface area contributed by atoms with Crippen molar-refractivity contribution in [3.63, 3.8) is 0 Å². The molecule has 17 heavy (non-hydrogen) atoms. The van der Waals surface area contributed by atoms with Crippen LogP contribution in [0.15, 0.2) is 12.1 Å². The van der Waals surface area contributed by atoms with Crippen molar-refractivity contribution in [2.45, 2.75) is 18.6 Å². The van der Waals surface area contributed by atoms with E-state index in [4.69, 9.17) is 10.4 Å². The summed E-state index contributed by atoms with van der Waals surface area (Å²) in [5, 5.41) is 35.9. The van der Waals surface area contributed by atoms with Crippen molar-refractivity contribution in [1.82, 2.24) is 0 Å². The lowest BCUT2D eigenvalue weighted by molar-refractivity contribution is 0.00220. The molecule has 0 bridgehead atoms. The number of rotatable bonds is 4. The summed E-state index contributed by atoms with van der Waals surface area (Å²) in [5.41, 5.74) is -0.919. The largest absolute Gasteiger partial charge is 0.396 e. The zero-order valence-corrected chi connectivity index (χ0v) is 8.77. The van der Waals surface area contributed by atoms with E-state index < -0.39 is 41.6 Å². The molecule has 6 heteroatoms. The smallest absolute Gasteiger partial charge is 0.141 e. The van der Waals surface area contributed by atoms with Crippen LogP contribution in [0.1, 0.15) is 23.7 Å². The van der Waals surface area contributed by atoms with Crippen LogP contribution in [0.25, 0.3) is 0 Å². The van der Waals surface area contributed by atoms with Gasteiger partial charge in [0, 0.05) is 12.2 Å². The third-order valence-corrected chi connectivity index (χ3v) is 2.31. The minimum Gasteiger partial charge on any atom is -0.396 e. The number of aliphatic hydroxyl groups is 3. The van der Waals surface area contributed by atoms with Gasteiger partial charge >= 0.3 is 0 Å². The van der Waals surface area contributed by atoms with Crippen molar-refractivity contribution in [2.75, 3.05) is 6.61 Å². The number of halogens is 2. The lowest BCUT2D eigenvalue weighted by Crippen LogP contribution is -2.20. The summed E-state index contributed by atoms with van der Waals surface area (Å²) in [7, 11) is 0. The summed E-state index contributed by atoms with van der Waals surface area (Å²) in [5.74, 6) is -1.95. The maximum atomic E-state index is 13.4. The molecule has 3 N–H and O–H groups in total. The highest BCUT2D eigenvalue weighted by Crippen LogP contribution is 2.24. The summed E-state index contributed by atoms with van der Waals surface area (Å²) in [4.78, 5) is 0. The molecule has 0 radical (unpaired) electrons. The van der Waals surface area contributed by atoms with Crippen molar-refractivity contribution in [2.24, 2.45) is 0 Å². The molecule has 2 atom stereocenters. The third kappa shape index (κ3) is 2.97. The molecule has 0 saturated carbocycles. The van der Waals surface area contributed by atoms with E-state index in [9.17, 15) is 19.0 Å². The van der Waals surface area contributed by atoms with E-state index in [-0.39, 0.29) is 6.42 Å². The van der Waals surface area contributed by atoms with Crippen LogP contribution in [-0.2, 0) is 0 Å². The van der Waals surface area contributed by atoms with E-state index in [1.54, 1.807) is 0 Å². The number of aliphatic hydroxyl groups excluding tert-OH is 3. The average molecular weight is 243 g/mol. The van der Waals surface area contributed by atoms with Gasteiger partial charge in [-0.25, -0.2) is 8.78 Å². The highest BCUT2D eigenvalue weighted by molar-refractivity contribution is 5.35. The van der Waals surface area contributed by atoms with Gasteiger partial charge in [-0.3, -0.25) is 0 Å². The second-order valence-electron chi connectivity index (χ2n) is 3.49. The van der Waals surface area contributed by atoms with E-state index in [0.29, 0.717) is 12.1 Å². The predicted molar refractivity (Wildman–Crippen MR) is 53.7 cm³/mol. The van der Waals surface area contributed by atoms with Crippen molar-refractivity contribution in [3.05, 3.63) is 34.9 Å². The first-order valence-corrected chi connectivity index (χ1v) is 4.87.